The smallest absolute Gasteiger partial charge is 0.387 e. The van der Waals surface area contributed by atoms with E-state index in [0.717, 1.165) is 18.3 Å². The minimum atomic E-state index is -3.23. The van der Waals surface area contributed by atoms with Crippen molar-refractivity contribution in [2.24, 2.45) is 0 Å². The van der Waals surface area contributed by atoms with E-state index in [1.54, 1.807) is 0 Å². The van der Waals surface area contributed by atoms with Gasteiger partial charge in [-0.3, -0.25) is 4.98 Å². The Kier molecular flexibility index (Phi) is 3.48. The molecule has 1 heterocycles. The zero-order chi connectivity index (χ0) is 14.2. The molecule has 0 amide bonds. The van der Waals surface area contributed by atoms with E-state index in [9.17, 15) is 18.0 Å². The number of benzene rings is 1. The van der Waals surface area contributed by atoms with Crippen molar-refractivity contribution < 1.29 is 27.8 Å². The Bertz CT molecular complexity index is 663. The molecule has 0 unspecified atom stereocenters. The number of rotatable bonds is 3. The average Bonchev–Trinajstić information content (AvgIpc) is 2.33. The van der Waals surface area contributed by atoms with Crippen LogP contribution < -0.4 is 4.74 Å². The lowest BCUT2D eigenvalue weighted by molar-refractivity contribution is -0.0519. The van der Waals surface area contributed by atoms with E-state index >= 15 is 0 Å². The molecule has 1 N–H and O–H groups in total. The monoisotopic (exact) mass is 291 g/mol. The van der Waals surface area contributed by atoms with Crippen LogP contribution in [-0.4, -0.2) is 22.7 Å². The van der Waals surface area contributed by atoms with E-state index in [1.165, 1.54) is 0 Å². The minimum Gasteiger partial charge on any atom is -0.478 e. The van der Waals surface area contributed by atoms with Gasteiger partial charge in [0.25, 0.3) is 0 Å². The minimum absolute atomic E-state index is 0.0732. The first-order chi connectivity index (χ1) is 8.90. The van der Waals surface area contributed by atoms with Gasteiger partial charge in [-0.2, -0.15) is 8.78 Å². The van der Waals surface area contributed by atoms with Crippen molar-refractivity contribution in [3.8, 4) is 5.75 Å². The van der Waals surface area contributed by atoms with Crippen LogP contribution in [0, 0.1) is 5.82 Å². The molecule has 0 saturated carbocycles. The Hall–Kier alpha value is -2.02. The summed E-state index contributed by atoms with van der Waals surface area (Å²) >= 11 is 5.61. The molecule has 0 bridgehead atoms. The number of alkyl halides is 2. The van der Waals surface area contributed by atoms with Gasteiger partial charge in [-0.05, 0) is 12.1 Å². The Morgan fingerprint density at radius 1 is 1.42 bits per heavy atom. The molecule has 1 aromatic carbocycles. The summed E-state index contributed by atoms with van der Waals surface area (Å²) in [7, 11) is 0. The SMILES string of the molecule is O=C(O)c1cnc2c(F)c(OC(F)F)c(Cl)cc2c1. The number of aromatic nitrogens is 1. The van der Waals surface area contributed by atoms with Crippen LogP contribution >= 0.6 is 11.6 Å². The van der Waals surface area contributed by atoms with Crippen LogP contribution in [0.1, 0.15) is 10.4 Å². The van der Waals surface area contributed by atoms with E-state index in [0.29, 0.717) is 0 Å². The number of pyridine rings is 1. The average molecular weight is 292 g/mol. The first kappa shape index (κ1) is 13.4. The Morgan fingerprint density at radius 2 is 2.11 bits per heavy atom. The lowest BCUT2D eigenvalue weighted by atomic mass is 10.1. The maximum atomic E-state index is 13.9. The van der Waals surface area contributed by atoms with Gasteiger partial charge >= 0.3 is 12.6 Å². The largest absolute Gasteiger partial charge is 0.478 e. The van der Waals surface area contributed by atoms with E-state index in [4.69, 9.17) is 16.7 Å². The van der Waals surface area contributed by atoms with Gasteiger partial charge in [0, 0.05) is 11.6 Å². The Labute approximate surface area is 109 Å². The number of carboxylic acid groups (broad SMARTS) is 1. The lowest BCUT2D eigenvalue weighted by Crippen LogP contribution is -2.05. The zero-order valence-corrected chi connectivity index (χ0v) is 9.79. The number of ether oxygens (including phenoxy) is 1. The highest BCUT2D eigenvalue weighted by molar-refractivity contribution is 6.32. The number of hydrogen-bond donors (Lipinski definition) is 1. The van der Waals surface area contributed by atoms with Crippen molar-refractivity contribution in [3.05, 3.63) is 34.7 Å². The van der Waals surface area contributed by atoms with Gasteiger partial charge in [-0.1, -0.05) is 11.6 Å². The molecular formula is C11H5ClF3NO3. The van der Waals surface area contributed by atoms with Crippen LogP contribution in [0.2, 0.25) is 5.02 Å². The number of fused-ring (bicyclic) bond motifs is 1. The predicted octanol–water partition coefficient (Wildman–Crippen LogP) is 3.33. The van der Waals surface area contributed by atoms with E-state index in [1.807, 2.05) is 0 Å². The third-order valence-electron chi connectivity index (χ3n) is 2.28. The summed E-state index contributed by atoms with van der Waals surface area (Å²) in [5.74, 6) is -3.24. The van der Waals surface area contributed by atoms with Crippen LogP contribution in [0.5, 0.6) is 5.75 Å². The molecule has 2 aromatic rings. The molecule has 0 aliphatic heterocycles. The number of aromatic carboxylic acids is 1. The number of halogens is 4. The van der Waals surface area contributed by atoms with E-state index < -0.39 is 29.2 Å². The van der Waals surface area contributed by atoms with Crippen molar-refractivity contribution in [1.82, 2.24) is 4.98 Å². The Morgan fingerprint density at radius 3 is 2.68 bits per heavy atom. The second kappa shape index (κ2) is 4.93. The highest BCUT2D eigenvalue weighted by atomic mass is 35.5. The van der Waals surface area contributed by atoms with Crippen LogP contribution in [0.3, 0.4) is 0 Å². The normalized spacial score (nSPS) is 11.0. The summed E-state index contributed by atoms with van der Waals surface area (Å²) in [5, 5.41) is 8.45. The molecule has 19 heavy (non-hydrogen) atoms. The fourth-order valence-corrected chi connectivity index (χ4v) is 1.75. The maximum Gasteiger partial charge on any atom is 0.387 e. The van der Waals surface area contributed by atoms with E-state index in [2.05, 4.69) is 9.72 Å². The number of hydrogen-bond acceptors (Lipinski definition) is 3. The first-order valence-corrected chi connectivity index (χ1v) is 5.24. The molecule has 0 saturated heterocycles. The van der Waals surface area contributed by atoms with Crippen molar-refractivity contribution in [2.45, 2.75) is 6.61 Å². The molecule has 8 heteroatoms. The topological polar surface area (TPSA) is 59.4 Å². The molecule has 0 spiro atoms. The molecule has 1 aromatic heterocycles. The van der Waals surface area contributed by atoms with Gasteiger partial charge in [-0.25, -0.2) is 9.18 Å². The molecule has 0 aliphatic rings. The molecule has 2 rings (SSSR count). The third kappa shape index (κ3) is 2.55. The second-order valence-electron chi connectivity index (χ2n) is 3.48. The van der Waals surface area contributed by atoms with Crippen molar-refractivity contribution in [3.63, 3.8) is 0 Å². The van der Waals surface area contributed by atoms with Crippen LogP contribution in [0.4, 0.5) is 13.2 Å². The van der Waals surface area contributed by atoms with Crippen LogP contribution in [0.25, 0.3) is 10.9 Å². The third-order valence-corrected chi connectivity index (χ3v) is 2.56. The summed E-state index contributed by atoms with van der Waals surface area (Å²) in [4.78, 5) is 14.3. The first-order valence-electron chi connectivity index (χ1n) is 4.86. The van der Waals surface area contributed by atoms with E-state index in [-0.39, 0.29) is 16.5 Å². The van der Waals surface area contributed by atoms with Gasteiger partial charge in [-0.15, -0.1) is 0 Å². The highest BCUT2D eigenvalue weighted by Crippen LogP contribution is 2.34. The summed E-state index contributed by atoms with van der Waals surface area (Å²) in [6, 6.07) is 2.24. The summed E-state index contributed by atoms with van der Waals surface area (Å²) in [6.07, 6.45) is 0.911. The molecular weight excluding hydrogens is 287 g/mol. The maximum absolute atomic E-state index is 13.9. The quantitative estimate of drug-likeness (QED) is 0.942. The molecule has 0 radical (unpaired) electrons. The van der Waals surface area contributed by atoms with Crippen LogP contribution in [-0.2, 0) is 0 Å². The molecule has 4 nitrogen and oxygen atoms in total. The zero-order valence-electron chi connectivity index (χ0n) is 9.03. The molecule has 0 aliphatic carbocycles. The summed E-state index contributed by atoms with van der Waals surface area (Å²) in [6.45, 7) is -3.23. The molecule has 0 atom stereocenters. The lowest BCUT2D eigenvalue weighted by Gasteiger charge is -2.10. The fourth-order valence-electron chi connectivity index (χ4n) is 1.50. The van der Waals surface area contributed by atoms with Gasteiger partial charge < -0.3 is 9.84 Å². The summed E-state index contributed by atoms with van der Waals surface area (Å²) in [5.41, 5.74) is -0.476. The fraction of sp³-hybridized carbons (Fsp3) is 0.0909. The molecule has 0 fully saturated rings. The Balaban J connectivity index is 2.65. The van der Waals surface area contributed by atoms with Crippen molar-refractivity contribution in [1.29, 1.82) is 0 Å². The van der Waals surface area contributed by atoms with Gasteiger partial charge in [0.15, 0.2) is 11.6 Å². The highest BCUT2D eigenvalue weighted by Gasteiger charge is 2.19. The standard InChI is InChI=1S/C11H5ClF3NO3/c12-6-2-4-1-5(10(17)18)3-16-8(4)7(13)9(6)19-11(14)15/h1-3,11H,(H,17,18). The van der Waals surface area contributed by atoms with Crippen molar-refractivity contribution in [2.75, 3.05) is 0 Å². The molecule has 100 valence electrons. The second-order valence-corrected chi connectivity index (χ2v) is 3.89. The van der Waals surface area contributed by atoms with Gasteiger partial charge in [0.1, 0.15) is 5.52 Å². The van der Waals surface area contributed by atoms with Crippen molar-refractivity contribution >= 4 is 28.5 Å². The predicted molar refractivity (Wildman–Crippen MR) is 60.3 cm³/mol. The number of carboxylic acids is 1. The van der Waals surface area contributed by atoms with Crippen LogP contribution in [0.15, 0.2) is 18.3 Å². The van der Waals surface area contributed by atoms with Gasteiger partial charge in [0.2, 0.25) is 0 Å². The number of nitrogens with zero attached hydrogens (tertiary/aromatic N) is 1. The van der Waals surface area contributed by atoms with Gasteiger partial charge in [0.05, 0.1) is 10.6 Å². The number of carbonyl (C=O) groups is 1. The summed E-state index contributed by atoms with van der Waals surface area (Å²) < 4.78 is 42.0.